The van der Waals surface area contributed by atoms with Crippen LogP contribution in [0.4, 0.5) is 8.78 Å². The van der Waals surface area contributed by atoms with Crippen molar-refractivity contribution in [2.45, 2.75) is 12.3 Å². The van der Waals surface area contributed by atoms with Crippen molar-refractivity contribution in [2.24, 2.45) is 5.92 Å². The number of hydrogen-bond donors (Lipinski definition) is 2. The second kappa shape index (κ2) is 4.72. The Morgan fingerprint density at radius 3 is 2.72 bits per heavy atom. The molecule has 0 aliphatic carbocycles. The maximum Gasteiger partial charge on any atom is 0.308 e. The fourth-order valence-electron chi connectivity index (χ4n) is 2.17. The molecule has 1 aromatic rings. The minimum absolute atomic E-state index is 0.0460. The number of hydrogen-bond acceptors (Lipinski definition) is 2. The van der Waals surface area contributed by atoms with Crippen LogP contribution in [0.5, 0.6) is 0 Å². The molecule has 1 amide bonds. The van der Waals surface area contributed by atoms with Gasteiger partial charge in [0.1, 0.15) is 11.6 Å². The van der Waals surface area contributed by atoms with Crippen LogP contribution >= 0.6 is 0 Å². The number of nitrogens with one attached hydrogen (secondary N) is 1. The van der Waals surface area contributed by atoms with Crippen molar-refractivity contribution in [1.82, 2.24) is 5.32 Å². The molecule has 4 nitrogen and oxygen atoms in total. The molecule has 0 aromatic heterocycles. The molecule has 96 valence electrons. The van der Waals surface area contributed by atoms with Gasteiger partial charge in [-0.1, -0.05) is 6.07 Å². The molecule has 1 fully saturated rings. The zero-order valence-electron chi connectivity index (χ0n) is 9.32. The van der Waals surface area contributed by atoms with Crippen molar-refractivity contribution in [2.75, 3.05) is 6.54 Å². The van der Waals surface area contributed by atoms with Gasteiger partial charge in [0.15, 0.2) is 0 Å². The zero-order chi connectivity index (χ0) is 13.3. The lowest BCUT2D eigenvalue weighted by atomic mass is 9.80. The fraction of sp³-hybridized carbons (Fsp3) is 0.333. The highest BCUT2D eigenvalue weighted by Crippen LogP contribution is 2.32. The first kappa shape index (κ1) is 12.5. The van der Waals surface area contributed by atoms with Crippen molar-refractivity contribution < 1.29 is 23.5 Å². The number of rotatable bonds is 2. The van der Waals surface area contributed by atoms with E-state index in [9.17, 15) is 18.4 Å². The van der Waals surface area contributed by atoms with Gasteiger partial charge in [0.2, 0.25) is 5.91 Å². The summed E-state index contributed by atoms with van der Waals surface area (Å²) in [5.41, 5.74) is 0.0682. The highest BCUT2D eigenvalue weighted by atomic mass is 19.1. The van der Waals surface area contributed by atoms with Gasteiger partial charge in [0, 0.05) is 24.9 Å². The lowest BCUT2D eigenvalue weighted by molar-refractivity contribution is -0.144. The highest BCUT2D eigenvalue weighted by Gasteiger charge is 2.36. The van der Waals surface area contributed by atoms with Gasteiger partial charge in [0.05, 0.1) is 5.92 Å². The molecule has 6 heteroatoms. The molecule has 0 spiro atoms. The molecule has 1 unspecified atom stereocenters. The first-order valence-electron chi connectivity index (χ1n) is 5.43. The summed E-state index contributed by atoms with van der Waals surface area (Å²) in [4.78, 5) is 22.4. The van der Waals surface area contributed by atoms with Gasteiger partial charge >= 0.3 is 5.97 Å². The summed E-state index contributed by atoms with van der Waals surface area (Å²) in [6.07, 6.45) is -0.112. The first-order chi connectivity index (χ1) is 8.49. The van der Waals surface area contributed by atoms with Gasteiger partial charge < -0.3 is 10.4 Å². The van der Waals surface area contributed by atoms with E-state index in [0.717, 1.165) is 6.07 Å². The van der Waals surface area contributed by atoms with Crippen molar-refractivity contribution in [3.8, 4) is 0 Å². The van der Waals surface area contributed by atoms with E-state index in [-0.39, 0.29) is 24.4 Å². The summed E-state index contributed by atoms with van der Waals surface area (Å²) < 4.78 is 26.4. The van der Waals surface area contributed by atoms with Gasteiger partial charge in [-0.25, -0.2) is 8.78 Å². The predicted molar refractivity (Wildman–Crippen MR) is 57.9 cm³/mol. The number of carbonyl (C=O) groups excluding carboxylic acids is 1. The molecule has 0 saturated carbocycles. The summed E-state index contributed by atoms with van der Waals surface area (Å²) in [6, 6.07) is 2.95. The van der Waals surface area contributed by atoms with E-state index in [0.29, 0.717) is 6.07 Å². The van der Waals surface area contributed by atoms with E-state index < -0.39 is 29.4 Å². The topological polar surface area (TPSA) is 66.4 Å². The van der Waals surface area contributed by atoms with Gasteiger partial charge in [0.25, 0.3) is 0 Å². The second-order valence-electron chi connectivity index (χ2n) is 4.23. The molecular weight excluding hydrogens is 244 g/mol. The Labute approximate surface area is 102 Å². The zero-order valence-corrected chi connectivity index (χ0v) is 9.32. The number of aliphatic carboxylic acids is 1. The van der Waals surface area contributed by atoms with Gasteiger partial charge in [-0.05, 0) is 11.6 Å². The molecule has 1 aliphatic rings. The van der Waals surface area contributed by atoms with Crippen molar-refractivity contribution in [1.29, 1.82) is 0 Å². The summed E-state index contributed by atoms with van der Waals surface area (Å²) in [6.45, 7) is -0.0460. The third kappa shape index (κ3) is 2.32. The van der Waals surface area contributed by atoms with E-state index in [4.69, 9.17) is 5.11 Å². The standard InChI is InChI=1S/C12H11F2NO3/c13-6-1-2-7(10(14)3-6)8-4-11(16)15-5-9(8)12(17)18/h1-3,8-9H,4-5H2,(H,15,16)(H,17,18)/t8?,9-/m1/s1. The molecule has 1 aromatic carbocycles. The summed E-state index contributed by atoms with van der Waals surface area (Å²) in [5, 5.41) is 11.5. The Morgan fingerprint density at radius 1 is 1.39 bits per heavy atom. The fourth-order valence-corrected chi connectivity index (χ4v) is 2.17. The number of carboxylic acids is 1. The third-order valence-electron chi connectivity index (χ3n) is 3.09. The van der Waals surface area contributed by atoms with Crippen LogP contribution in [-0.4, -0.2) is 23.5 Å². The highest BCUT2D eigenvalue weighted by molar-refractivity contribution is 5.82. The van der Waals surface area contributed by atoms with Crippen LogP contribution in [0.15, 0.2) is 18.2 Å². The summed E-state index contributed by atoms with van der Waals surface area (Å²) in [7, 11) is 0. The Hall–Kier alpha value is -1.98. The third-order valence-corrected chi connectivity index (χ3v) is 3.09. The smallest absolute Gasteiger partial charge is 0.308 e. The van der Waals surface area contributed by atoms with Gasteiger partial charge in [-0.2, -0.15) is 0 Å². The Kier molecular flexibility index (Phi) is 3.27. The van der Waals surface area contributed by atoms with E-state index in [1.165, 1.54) is 6.07 Å². The van der Waals surface area contributed by atoms with Crippen LogP contribution in [0.3, 0.4) is 0 Å². The van der Waals surface area contributed by atoms with Crippen LogP contribution in [0.2, 0.25) is 0 Å². The van der Waals surface area contributed by atoms with Crippen LogP contribution in [0.1, 0.15) is 17.9 Å². The summed E-state index contributed by atoms with van der Waals surface area (Å²) >= 11 is 0. The largest absolute Gasteiger partial charge is 0.481 e. The maximum atomic E-state index is 13.6. The molecule has 2 atom stereocenters. The summed E-state index contributed by atoms with van der Waals surface area (Å²) in [5.74, 6) is -4.66. The molecule has 1 aliphatic heterocycles. The molecule has 0 radical (unpaired) electrons. The number of benzene rings is 1. The minimum atomic E-state index is -1.11. The number of carboxylic acid groups (broad SMARTS) is 1. The maximum absolute atomic E-state index is 13.6. The van der Waals surface area contributed by atoms with Crippen molar-refractivity contribution >= 4 is 11.9 Å². The normalized spacial score (nSPS) is 23.6. The van der Waals surface area contributed by atoms with Gasteiger partial charge in [-0.15, -0.1) is 0 Å². The molecule has 0 bridgehead atoms. The first-order valence-corrected chi connectivity index (χ1v) is 5.43. The average Bonchev–Trinajstić information content (AvgIpc) is 2.28. The van der Waals surface area contributed by atoms with E-state index in [1.807, 2.05) is 0 Å². The molecule has 1 saturated heterocycles. The lowest BCUT2D eigenvalue weighted by Gasteiger charge is -2.29. The van der Waals surface area contributed by atoms with E-state index in [2.05, 4.69) is 5.32 Å². The molecule has 18 heavy (non-hydrogen) atoms. The predicted octanol–water partition coefficient (Wildman–Crippen LogP) is 1.27. The number of amides is 1. The van der Waals surface area contributed by atoms with Gasteiger partial charge in [-0.3, -0.25) is 9.59 Å². The Bertz CT molecular complexity index is 504. The van der Waals surface area contributed by atoms with Crippen LogP contribution in [0, 0.1) is 17.6 Å². The van der Waals surface area contributed by atoms with Crippen LogP contribution in [-0.2, 0) is 9.59 Å². The number of carbonyl (C=O) groups is 2. The molecule has 1 heterocycles. The lowest BCUT2D eigenvalue weighted by Crippen LogP contribution is -2.43. The van der Waals surface area contributed by atoms with Crippen molar-refractivity contribution in [3.63, 3.8) is 0 Å². The van der Waals surface area contributed by atoms with E-state index in [1.54, 1.807) is 0 Å². The molecular formula is C12H11F2NO3. The van der Waals surface area contributed by atoms with E-state index >= 15 is 0 Å². The number of halogens is 2. The van der Waals surface area contributed by atoms with Crippen molar-refractivity contribution in [3.05, 3.63) is 35.4 Å². The minimum Gasteiger partial charge on any atom is -0.481 e. The van der Waals surface area contributed by atoms with Crippen LogP contribution < -0.4 is 5.32 Å². The Balaban J connectivity index is 2.38. The monoisotopic (exact) mass is 255 g/mol. The SMILES string of the molecule is O=C1CC(c2ccc(F)cc2F)[C@H](C(=O)O)CN1. The number of piperidine rings is 1. The Morgan fingerprint density at radius 2 is 2.11 bits per heavy atom. The quantitative estimate of drug-likeness (QED) is 0.836. The molecule has 2 rings (SSSR count). The van der Waals surface area contributed by atoms with Crippen LogP contribution in [0.25, 0.3) is 0 Å². The molecule has 2 N–H and O–H groups in total. The second-order valence-corrected chi connectivity index (χ2v) is 4.23. The average molecular weight is 255 g/mol.